The number of esters is 1. The minimum atomic E-state index is -0.496. The summed E-state index contributed by atoms with van der Waals surface area (Å²) in [6, 6.07) is 1.94. The molecule has 4 nitrogen and oxygen atoms in total. The van der Waals surface area contributed by atoms with Crippen molar-refractivity contribution in [2.45, 2.75) is 4.21 Å². The molecular formula is C8H8N2O2S2. The number of anilines is 1. The molecule has 74 valence electrons. The number of ether oxygens (including phenoxy) is 1. The third kappa shape index (κ3) is 1.69. The van der Waals surface area contributed by atoms with Crippen LogP contribution < -0.4 is 5.73 Å². The molecule has 14 heavy (non-hydrogen) atoms. The van der Waals surface area contributed by atoms with E-state index in [1.165, 1.54) is 30.2 Å². The van der Waals surface area contributed by atoms with Crippen LogP contribution in [0, 0.1) is 11.3 Å². The van der Waals surface area contributed by atoms with E-state index < -0.39 is 5.97 Å². The summed E-state index contributed by atoms with van der Waals surface area (Å²) in [6.45, 7) is 0. The number of nitrogen functional groups attached to an aromatic ring is 1. The van der Waals surface area contributed by atoms with Crippen LogP contribution in [-0.2, 0) is 4.74 Å². The van der Waals surface area contributed by atoms with Crippen LogP contribution in [0.3, 0.4) is 0 Å². The van der Waals surface area contributed by atoms with Crippen molar-refractivity contribution in [2.75, 3.05) is 19.1 Å². The number of hydrogen-bond donors (Lipinski definition) is 1. The first-order chi connectivity index (χ1) is 6.65. The number of nitrogens with zero attached hydrogens (tertiary/aromatic N) is 1. The molecule has 0 radical (unpaired) electrons. The van der Waals surface area contributed by atoms with E-state index in [0.717, 1.165) is 0 Å². The fourth-order valence-corrected chi connectivity index (χ4v) is 2.66. The van der Waals surface area contributed by atoms with E-state index in [-0.39, 0.29) is 5.69 Å². The van der Waals surface area contributed by atoms with E-state index in [1.807, 2.05) is 12.3 Å². The average molecular weight is 228 g/mol. The maximum absolute atomic E-state index is 11.3. The molecule has 0 atom stereocenters. The smallest absolute Gasteiger partial charge is 0.342 e. The van der Waals surface area contributed by atoms with Crippen molar-refractivity contribution < 1.29 is 9.53 Å². The van der Waals surface area contributed by atoms with E-state index in [9.17, 15) is 4.79 Å². The van der Waals surface area contributed by atoms with Gasteiger partial charge >= 0.3 is 5.97 Å². The average Bonchev–Trinajstić information content (AvgIpc) is 2.53. The second-order valence-corrected chi connectivity index (χ2v) is 4.41. The van der Waals surface area contributed by atoms with Gasteiger partial charge in [0.25, 0.3) is 0 Å². The largest absolute Gasteiger partial charge is 0.465 e. The van der Waals surface area contributed by atoms with Crippen LogP contribution in [0.2, 0.25) is 0 Å². The van der Waals surface area contributed by atoms with E-state index in [2.05, 4.69) is 4.74 Å². The fourth-order valence-electron chi connectivity index (χ4n) is 0.944. The SMILES string of the molecule is COC(=O)c1c(SC)sc(C#N)c1N. The molecule has 6 heteroatoms. The van der Waals surface area contributed by atoms with Crippen molar-refractivity contribution in [1.29, 1.82) is 5.26 Å². The highest BCUT2D eigenvalue weighted by Crippen LogP contribution is 2.36. The molecule has 0 bridgehead atoms. The molecule has 0 fully saturated rings. The third-order valence-electron chi connectivity index (χ3n) is 1.59. The van der Waals surface area contributed by atoms with Crippen molar-refractivity contribution in [3.05, 3.63) is 10.4 Å². The number of nitriles is 1. The first-order valence-electron chi connectivity index (χ1n) is 3.60. The summed E-state index contributed by atoms with van der Waals surface area (Å²) in [7, 11) is 1.29. The maximum Gasteiger partial charge on any atom is 0.342 e. The highest BCUT2D eigenvalue weighted by Gasteiger charge is 2.21. The Balaban J connectivity index is 3.33. The van der Waals surface area contributed by atoms with Crippen LogP contribution >= 0.6 is 23.1 Å². The summed E-state index contributed by atoms with van der Waals surface area (Å²) < 4.78 is 5.30. The standard InChI is InChI=1S/C8H8N2O2S2/c1-12-7(11)5-6(10)4(3-9)14-8(5)13-2/h10H2,1-2H3. The lowest BCUT2D eigenvalue weighted by molar-refractivity contribution is 0.0599. The summed E-state index contributed by atoms with van der Waals surface area (Å²) in [5.74, 6) is -0.496. The summed E-state index contributed by atoms with van der Waals surface area (Å²) in [5, 5.41) is 8.73. The second kappa shape index (κ2) is 4.35. The van der Waals surface area contributed by atoms with Crippen molar-refractivity contribution in [1.82, 2.24) is 0 Å². The van der Waals surface area contributed by atoms with Gasteiger partial charge in [0.2, 0.25) is 0 Å². The summed E-state index contributed by atoms with van der Waals surface area (Å²) >= 11 is 2.58. The molecule has 0 unspecified atom stereocenters. The lowest BCUT2D eigenvalue weighted by atomic mass is 10.2. The Morgan fingerprint density at radius 2 is 2.36 bits per heavy atom. The van der Waals surface area contributed by atoms with E-state index >= 15 is 0 Å². The zero-order valence-electron chi connectivity index (χ0n) is 7.66. The Morgan fingerprint density at radius 1 is 1.71 bits per heavy atom. The number of carbonyl (C=O) groups is 1. The fraction of sp³-hybridized carbons (Fsp3) is 0.250. The predicted molar refractivity (Wildman–Crippen MR) is 56.6 cm³/mol. The first-order valence-corrected chi connectivity index (χ1v) is 5.64. The van der Waals surface area contributed by atoms with E-state index in [1.54, 1.807) is 0 Å². The van der Waals surface area contributed by atoms with Crippen molar-refractivity contribution in [3.63, 3.8) is 0 Å². The zero-order chi connectivity index (χ0) is 10.7. The number of hydrogen-bond acceptors (Lipinski definition) is 6. The number of methoxy groups -OCH3 is 1. The minimum absolute atomic E-state index is 0.216. The molecule has 0 aliphatic carbocycles. The molecular weight excluding hydrogens is 220 g/mol. The van der Waals surface area contributed by atoms with Crippen molar-refractivity contribution in [3.8, 4) is 6.07 Å². The highest BCUT2D eigenvalue weighted by atomic mass is 32.2. The molecule has 1 rings (SSSR count). The van der Waals surface area contributed by atoms with Crippen LogP contribution in [0.25, 0.3) is 0 Å². The first kappa shape index (κ1) is 10.9. The third-order valence-corrected chi connectivity index (χ3v) is 3.82. The van der Waals surface area contributed by atoms with Gasteiger partial charge in [0.15, 0.2) is 0 Å². The Labute approximate surface area is 89.7 Å². The van der Waals surface area contributed by atoms with Gasteiger partial charge in [-0.2, -0.15) is 5.26 Å². The van der Waals surface area contributed by atoms with Gasteiger partial charge in [-0.15, -0.1) is 23.1 Å². The molecule has 0 amide bonds. The second-order valence-electron chi connectivity index (χ2n) is 2.31. The highest BCUT2D eigenvalue weighted by molar-refractivity contribution is 8.00. The molecule has 1 heterocycles. The topological polar surface area (TPSA) is 76.1 Å². The van der Waals surface area contributed by atoms with Gasteiger partial charge in [-0.25, -0.2) is 4.79 Å². The molecule has 0 aliphatic rings. The van der Waals surface area contributed by atoms with Gasteiger partial charge < -0.3 is 10.5 Å². The maximum atomic E-state index is 11.3. The molecule has 1 aromatic heterocycles. The molecule has 1 aromatic rings. The molecule has 2 N–H and O–H groups in total. The number of thiophene rings is 1. The van der Waals surface area contributed by atoms with Gasteiger partial charge in [-0.3, -0.25) is 0 Å². The normalized spacial score (nSPS) is 9.50. The van der Waals surface area contributed by atoms with Crippen LogP contribution in [0.1, 0.15) is 15.2 Å². The summed E-state index contributed by atoms with van der Waals surface area (Å²) in [6.07, 6.45) is 1.82. The Kier molecular flexibility index (Phi) is 3.38. The quantitative estimate of drug-likeness (QED) is 0.616. The lowest BCUT2D eigenvalue weighted by Gasteiger charge is -1.99. The molecule has 0 aromatic carbocycles. The van der Waals surface area contributed by atoms with Gasteiger partial charge in [0.1, 0.15) is 16.5 Å². The van der Waals surface area contributed by atoms with Crippen molar-refractivity contribution in [2.24, 2.45) is 0 Å². The number of carbonyl (C=O) groups excluding carboxylic acids is 1. The number of nitrogens with two attached hydrogens (primary N) is 1. The Bertz CT molecular complexity index is 406. The van der Waals surface area contributed by atoms with E-state index in [4.69, 9.17) is 11.0 Å². The van der Waals surface area contributed by atoms with Crippen molar-refractivity contribution >= 4 is 34.8 Å². The molecule has 0 saturated carbocycles. The number of rotatable bonds is 2. The predicted octanol–water partition coefficient (Wildman–Crippen LogP) is 1.71. The Hall–Kier alpha value is -1.19. The Morgan fingerprint density at radius 3 is 2.79 bits per heavy atom. The van der Waals surface area contributed by atoms with Crippen LogP contribution in [-0.4, -0.2) is 19.3 Å². The monoisotopic (exact) mass is 228 g/mol. The van der Waals surface area contributed by atoms with Gasteiger partial charge in [-0.05, 0) is 6.26 Å². The van der Waals surface area contributed by atoms with Crippen LogP contribution in [0.5, 0.6) is 0 Å². The summed E-state index contributed by atoms with van der Waals surface area (Å²) in [4.78, 5) is 11.7. The van der Waals surface area contributed by atoms with E-state index in [0.29, 0.717) is 14.6 Å². The molecule has 0 saturated heterocycles. The zero-order valence-corrected chi connectivity index (χ0v) is 9.29. The van der Waals surface area contributed by atoms with Crippen LogP contribution in [0.15, 0.2) is 4.21 Å². The molecule has 0 aliphatic heterocycles. The van der Waals surface area contributed by atoms with Gasteiger partial charge in [0, 0.05) is 0 Å². The number of thioether (sulfide) groups is 1. The minimum Gasteiger partial charge on any atom is -0.465 e. The lowest BCUT2D eigenvalue weighted by Crippen LogP contribution is -2.04. The van der Waals surface area contributed by atoms with Gasteiger partial charge in [0.05, 0.1) is 17.0 Å². The molecule has 0 spiro atoms. The summed E-state index contributed by atoms with van der Waals surface area (Å²) in [5.41, 5.74) is 6.16. The van der Waals surface area contributed by atoms with Crippen LogP contribution in [0.4, 0.5) is 5.69 Å². The van der Waals surface area contributed by atoms with Gasteiger partial charge in [-0.1, -0.05) is 0 Å².